The van der Waals surface area contributed by atoms with Crippen LogP contribution in [0.2, 0.25) is 0 Å². The van der Waals surface area contributed by atoms with Crippen LogP contribution in [0.5, 0.6) is 0 Å². The van der Waals surface area contributed by atoms with Gasteiger partial charge in [0.2, 0.25) is 0 Å². The highest BCUT2D eigenvalue weighted by Crippen LogP contribution is 2.22. The minimum atomic E-state index is 0.461. The quantitative estimate of drug-likeness (QED) is 0.841. The molecule has 1 fully saturated rings. The maximum atomic E-state index is 9.17. The van der Waals surface area contributed by atoms with E-state index in [1.54, 1.807) is 0 Å². The van der Waals surface area contributed by atoms with Gasteiger partial charge in [0.25, 0.3) is 0 Å². The van der Waals surface area contributed by atoms with E-state index in [1.165, 1.54) is 0 Å². The number of rotatable bonds is 4. The molecule has 0 bridgehead atoms. The predicted molar refractivity (Wildman–Crippen MR) is 79.3 cm³/mol. The first-order valence-corrected chi connectivity index (χ1v) is 7.11. The summed E-state index contributed by atoms with van der Waals surface area (Å²) >= 11 is 0. The second kappa shape index (κ2) is 6.93. The lowest BCUT2D eigenvalue weighted by atomic mass is 10.1. The molecule has 0 radical (unpaired) electrons. The van der Waals surface area contributed by atoms with E-state index in [0.29, 0.717) is 12.5 Å². The first kappa shape index (κ1) is 14.4. The molecular weight excluding hydrogens is 248 g/mol. The molecular formula is C16H20N4. The molecule has 0 unspecified atom stereocenters. The van der Waals surface area contributed by atoms with Crippen molar-refractivity contribution in [1.29, 1.82) is 10.5 Å². The van der Waals surface area contributed by atoms with Gasteiger partial charge in [-0.3, -0.25) is 4.90 Å². The molecule has 0 N–H and O–H groups in total. The number of nitrogens with zero attached hydrogens (tertiary/aromatic N) is 4. The van der Waals surface area contributed by atoms with Gasteiger partial charge in [0, 0.05) is 38.6 Å². The molecule has 0 aliphatic carbocycles. The van der Waals surface area contributed by atoms with Crippen molar-refractivity contribution in [3.05, 3.63) is 29.8 Å². The second-order valence-electron chi connectivity index (χ2n) is 5.20. The van der Waals surface area contributed by atoms with E-state index in [1.807, 2.05) is 24.3 Å². The topological polar surface area (TPSA) is 54.1 Å². The van der Waals surface area contributed by atoms with Gasteiger partial charge in [0.15, 0.2) is 0 Å². The molecule has 1 heterocycles. The summed E-state index contributed by atoms with van der Waals surface area (Å²) in [5.74, 6) is 0. The fourth-order valence-corrected chi connectivity index (χ4v) is 2.70. The van der Waals surface area contributed by atoms with Crippen molar-refractivity contribution in [2.75, 3.05) is 31.1 Å². The molecule has 1 aromatic carbocycles. The zero-order valence-corrected chi connectivity index (χ0v) is 11.9. The van der Waals surface area contributed by atoms with E-state index in [-0.39, 0.29) is 0 Å². The fraction of sp³-hybridized carbons (Fsp3) is 0.500. The van der Waals surface area contributed by atoms with Crippen LogP contribution in [0.25, 0.3) is 0 Å². The number of piperazine rings is 1. The Kier molecular flexibility index (Phi) is 4.98. The fourth-order valence-electron chi connectivity index (χ4n) is 2.70. The average Bonchev–Trinajstić information content (AvgIpc) is 2.52. The Balaban J connectivity index is 1.95. The lowest BCUT2D eigenvalue weighted by Crippen LogP contribution is -2.49. The van der Waals surface area contributed by atoms with Crippen molar-refractivity contribution in [3.63, 3.8) is 0 Å². The van der Waals surface area contributed by atoms with Crippen LogP contribution < -0.4 is 4.90 Å². The zero-order chi connectivity index (χ0) is 14.4. The van der Waals surface area contributed by atoms with Gasteiger partial charge >= 0.3 is 0 Å². The third-order valence-electron chi connectivity index (χ3n) is 3.98. The van der Waals surface area contributed by atoms with Crippen molar-refractivity contribution in [3.8, 4) is 12.1 Å². The third-order valence-corrected chi connectivity index (χ3v) is 3.98. The van der Waals surface area contributed by atoms with E-state index in [2.05, 4.69) is 28.9 Å². The predicted octanol–water partition coefficient (Wildman–Crippen LogP) is 2.37. The molecule has 0 spiro atoms. The number of nitriles is 2. The number of benzene rings is 1. The first-order valence-electron chi connectivity index (χ1n) is 7.11. The molecule has 1 aliphatic heterocycles. The van der Waals surface area contributed by atoms with Crippen LogP contribution in [0.15, 0.2) is 24.3 Å². The highest BCUT2D eigenvalue weighted by atomic mass is 15.3. The van der Waals surface area contributed by atoms with Crippen molar-refractivity contribution >= 4 is 5.69 Å². The molecule has 4 heteroatoms. The minimum Gasteiger partial charge on any atom is -0.368 e. The SMILES string of the molecule is C[C@H](CCC#N)N1CCN(c2ccccc2C#N)CC1. The second-order valence-corrected chi connectivity index (χ2v) is 5.20. The van der Waals surface area contributed by atoms with Crippen LogP contribution >= 0.6 is 0 Å². The highest BCUT2D eigenvalue weighted by molar-refractivity contribution is 5.59. The van der Waals surface area contributed by atoms with Gasteiger partial charge in [-0.15, -0.1) is 0 Å². The summed E-state index contributed by atoms with van der Waals surface area (Å²) in [6, 6.07) is 12.7. The van der Waals surface area contributed by atoms with E-state index < -0.39 is 0 Å². The number of para-hydroxylation sites is 1. The van der Waals surface area contributed by atoms with Crippen LogP contribution in [0.1, 0.15) is 25.3 Å². The molecule has 0 saturated carbocycles. The van der Waals surface area contributed by atoms with E-state index in [4.69, 9.17) is 10.5 Å². The Morgan fingerprint density at radius 1 is 1.15 bits per heavy atom. The van der Waals surface area contributed by atoms with Crippen LogP contribution in [-0.2, 0) is 0 Å². The highest BCUT2D eigenvalue weighted by Gasteiger charge is 2.22. The molecule has 104 valence electrons. The summed E-state index contributed by atoms with van der Waals surface area (Å²) in [6.45, 7) is 6.06. The standard InChI is InChI=1S/C16H20N4/c1-14(5-4-8-17)19-9-11-20(12-10-19)16-7-3-2-6-15(16)13-18/h2-3,6-7,14H,4-5,9-12H2,1H3/t14-/m1/s1. The smallest absolute Gasteiger partial charge is 0.101 e. The van der Waals surface area contributed by atoms with Gasteiger partial charge < -0.3 is 4.90 Å². The summed E-state index contributed by atoms with van der Waals surface area (Å²) in [7, 11) is 0. The van der Waals surface area contributed by atoms with Crippen LogP contribution in [-0.4, -0.2) is 37.1 Å². The van der Waals surface area contributed by atoms with Gasteiger partial charge in [-0.25, -0.2) is 0 Å². The number of hydrogen-bond donors (Lipinski definition) is 0. The van der Waals surface area contributed by atoms with Crippen molar-refractivity contribution in [2.24, 2.45) is 0 Å². The first-order chi connectivity index (χ1) is 9.76. The summed E-state index contributed by atoms with van der Waals surface area (Å²) in [6.07, 6.45) is 1.56. The van der Waals surface area contributed by atoms with Crippen molar-refractivity contribution in [1.82, 2.24) is 4.90 Å². The number of anilines is 1. The molecule has 20 heavy (non-hydrogen) atoms. The van der Waals surface area contributed by atoms with Crippen LogP contribution in [0.3, 0.4) is 0 Å². The molecule has 1 saturated heterocycles. The van der Waals surface area contributed by atoms with Gasteiger partial charge in [-0.05, 0) is 25.5 Å². The molecule has 4 nitrogen and oxygen atoms in total. The van der Waals surface area contributed by atoms with Crippen molar-refractivity contribution < 1.29 is 0 Å². The van der Waals surface area contributed by atoms with Gasteiger partial charge in [-0.1, -0.05) is 12.1 Å². The van der Waals surface area contributed by atoms with Gasteiger partial charge in [0.05, 0.1) is 17.3 Å². The maximum absolute atomic E-state index is 9.17. The summed E-state index contributed by atoms with van der Waals surface area (Å²) in [5, 5.41) is 17.8. The zero-order valence-electron chi connectivity index (χ0n) is 11.9. The molecule has 0 aromatic heterocycles. The third kappa shape index (κ3) is 3.29. The maximum Gasteiger partial charge on any atom is 0.101 e. The van der Waals surface area contributed by atoms with Crippen LogP contribution in [0, 0.1) is 22.7 Å². The Bertz CT molecular complexity index is 518. The Hall–Kier alpha value is -2.04. The normalized spacial score (nSPS) is 17.2. The van der Waals surface area contributed by atoms with Gasteiger partial charge in [-0.2, -0.15) is 10.5 Å². The monoisotopic (exact) mass is 268 g/mol. The van der Waals surface area contributed by atoms with E-state index in [9.17, 15) is 0 Å². The Morgan fingerprint density at radius 3 is 2.50 bits per heavy atom. The van der Waals surface area contributed by atoms with Gasteiger partial charge in [0.1, 0.15) is 6.07 Å². The number of hydrogen-bond acceptors (Lipinski definition) is 4. The van der Waals surface area contributed by atoms with E-state index in [0.717, 1.165) is 43.9 Å². The average molecular weight is 268 g/mol. The van der Waals surface area contributed by atoms with E-state index >= 15 is 0 Å². The summed E-state index contributed by atoms with van der Waals surface area (Å²) < 4.78 is 0. The lowest BCUT2D eigenvalue weighted by Gasteiger charge is -2.39. The Labute approximate surface area is 120 Å². The largest absolute Gasteiger partial charge is 0.368 e. The summed E-state index contributed by atoms with van der Waals surface area (Å²) in [4.78, 5) is 4.72. The summed E-state index contributed by atoms with van der Waals surface area (Å²) in [5.41, 5.74) is 1.79. The van der Waals surface area contributed by atoms with Crippen molar-refractivity contribution in [2.45, 2.75) is 25.8 Å². The van der Waals surface area contributed by atoms with Crippen LogP contribution in [0.4, 0.5) is 5.69 Å². The molecule has 1 aromatic rings. The molecule has 2 rings (SSSR count). The lowest BCUT2D eigenvalue weighted by molar-refractivity contribution is 0.190. The Morgan fingerprint density at radius 2 is 1.85 bits per heavy atom. The minimum absolute atomic E-state index is 0.461. The molecule has 1 atom stereocenters. The molecule has 1 aliphatic rings. The molecule has 0 amide bonds.